The smallest absolute Gasteiger partial charge is 0.222 e. The molecule has 0 aliphatic carbocycles. The minimum Gasteiger partial charge on any atom is -0.343 e. The van der Waals surface area contributed by atoms with E-state index in [1.54, 1.807) is 0 Å². The van der Waals surface area contributed by atoms with Crippen LogP contribution >= 0.6 is 0 Å². The average Bonchev–Trinajstić information content (AvgIpc) is 2.79. The molecular formula is C26H30N2O. The molecule has 4 rings (SSSR count). The lowest BCUT2D eigenvalue weighted by Gasteiger charge is -2.36. The third-order valence-corrected chi connectivity index (χ3v) is 6.47. The zero-order valence-electron chi connectivity index (χ0n) is 17.5. The number of hydrogen-bond acceptors (Lipinski definition) is 2. The van der Waals surface area contributed by atoms with Gasteiger partial charge in [0, 0.05) is 36.7 Å². The Morgan fingerprint density at radius 1 is 1.03 bits per heavy atom. The summed E-state index contributed by atoms with van der Waals surface area (Å²) in [5.74, 6) is 1.52. The van der Waals surface area contributed by atoms with Crippen LogP contribution in [-0.2, 0) is 4.79 Å². The second kappa shape index (κ2) is 8.77. The van der Waals surface area contributed by atoms with Crippen LogP contribution in [0.3, 0.4) is 0 Å². The number of nitrogens with zero attached hydrogens (tertiary/aromatic N) is 2. The lowest BCUT2D eigenvalue weighted by molar-refractivity contribution is -0.132. The number of fused-ring (bicyclic) bond motifs is 1. The molecular weight excluding hydrogens is 356 g/mol. The third kappa shape index (κ3) is 4.19. The van der Waals surface area contributed by atoms with E-state index in [1.807, 2.05) is 30.2 Å². The Morgan fingerprint density at radius 2 is 1.76 bits per heavy atom. The normalized spacial score (nSPS) is 16.1. The van der Waals surface area contributed by atoms with Gasteiger partial charge in [-0.3, -0.25) is 9.78 Å². The molecule has 2 heterocycles. The van der Waals surface area contributed by atoms with Gasteiger partial charge in [0.15, 0.2) is 0 Å². The van der Waals surface area contributed by atoms with Crippen LogP contribution in [0.15, 0.2) is 60.8 Å². The van der Waals surface area contributed by atoms with Crippen molar-refractivity contribution in [2.45, 2.75) is 45.4 Å². The molecule has 3 heteroatoms. The summed E-state index contributed by atoms with van der Waals surface area (Å²) in [6, 6.07) is 19.5. The fourth-order valence-corrected chi connectivity index (χ4v) is 4.77. The van der Waals surface area contributed by atoms with Gasteiger partial charge in [0.1, 0.15) is 0 Å². The molecule has 29 heavy (non-hydrogen) atoms. The molecule has 1 saturated heterocycles. The SMILES string of the molecule is CCC(=O)N1CCC(C(CC)c2ccc(-c3cnc4ccccc4c3)cc2)CC1. The first kappa shape index (κ1) is 19.6. The highest BCUT2D eigenvalue weighted by Gasteiger charge is 2.28. The Balaban J connectivity index is 1.49. The maximum Gasteiger partial charge on any atom is 0.222 e. The summed E-state index contributed by atoms with van der Waals surface area (Å²) in [7, 11) is 0. The topological polar surface area (TPSA) is 33.2 Å². The van der Waals surface area contributed by atoms with Gasteiger partial charge in [-0.25, -0.2) is 0 Å². The largest absolute Gasteiger partial charge is 0.343 e. The van der Waals surface area contributed by atoms with Crippen molar-refractivity contribution in [3.8, 4) is 11.1 Å². The van der Waals surface area contributed by atoms with E-state index >= 15 is 0 Å². The number of rotatable bonds is 5. The lowest BCUT2D eigenvalue weighted by Crippen LogP contribution is -2.39. The second-order valence-electron chi connectivity index (χ2n) is 8.13. The number of para-hydroxylation sites is 1. The van der Waals surface area contributed by atoms with Crippen LogP contribution < -0.4 is 0 Å². The summed E-state index contributed by atoms with van der Waals surface area (Å²) < 4.78 is 0. The van der Waals surface area contributed by atoms with Crippen LogP contribution in [0.4, 0.5) is 0 Å². The molecule has 2 aromatic carbocycles. The zero-order valence-corrected chi connectivity index (χ0v) is 17.5. The molecule has 1 amide bonds. The Kier molecular flexibility index (Phi) is 5.94. The first-order valence-corrected chi connectivity index (χ1v) is 10.9. The number of amides is 1. The summed E-state index contributed by atoms with van der Waals surface area (Å²) in [4.78, 5) is 18.6. The van der Waals surface area contributed by atoms with Crippen molar-refractivity contribution in [1.82, 2.24) is 9.88 Å². The summed E-state index contributed by atoms with van der Waals surface area (Å²) in [5, 5.41) is 1.17. The van der Waals surface area contributed by atoms with Gasteiger partial charge < -0.3 is 4.90 Å². The number of aromatic nitrogens is 1. The van der Waals surface area contributed by atoms with E-state index in [9.17, 15) is 4.79 Å². The molecule has 1 fully saturated rings. The molecule has 1 aliphatic rings. The predicted octanol–water partition coefficient (Wildman–Crippen LogP) is 6.04. The molecule has 0 radical (unpaired) electrons. The van der Waals surface area contributed by atoms with Gasteiger partial charge in [0.2, 0.25) is 5.91 Å². The number of hydrogen-bond donors (Lipinski definition) is 0. The highest BCUT2D eigenvalue weighted by Crippen LogP contribution is 2.36. The molecule has 0 saturated carbocycles. The quantitative estimate of drug-likeness (QED) is 0.535. The van der Waals surface area contributed by atoms with Crippen LogP contribution in [0.2, 0.25) is 0 Å². The van der Waals surface area contributed by atoms with Gasteiger partial charge in [0.05, 0.1) is 5.52 Å². The van der Waals surface area contributed by atoms with Crippen LogP contribution in [0.5, 0.6) is 0 Å². The van der Waals surface area contributed by atoms with Gasteiger partial charge in [0.25, 0.3) is 0 Å². The predicted molar refractivity (Wildman–Crippen MR) is 120 cm³/mol. The summed E-state index contributed by atoms with van der Waals surface area (Å²) in [6.07, 6.45) is 5.95. The highest BCUT2D eigenvalue weighted by atomic mass is 16.2. The molecule has 1 unspecified atom stereocenters. The van der Waals surface area contributed by atoms with E-state index in [0.717, 1.165) is 43.4 Å². The first-order valence-electron chi connectivity index (χ1n) is 10.9. The highest BCUT2D eigenvalue weighted by molar-refractivity contribution is 5.83. The monoisotopic (exact) mass is 386 g/mol. The Bertz CT molecular complexity index is 971. The second-order valence-corrected chi connectivity index (χ2v) is 8.13. The van der Waals surface area contributed by atoms with E-state index < -0.39 is 0 Å². The van der Waals surface area contributed by atoms with Crippen molar-refractivity contribution in [1.29, 1.82) is 0 Å². The summed E-state index contributed by atoms with van der Waals surface area (Å²) in [6.45, 7) is 6.06. The van der Waals surface area contributed by atoms with Crippen LogP contribution in [0, 0.1) is 5.92 Å². The van der Waals surface area contributed by atoms with Crippen molar-refractivity contribution in [3.05, 3.63) is 66.4 Å². The minimum absolute atomic E-state index is 0.296. The molecule has 0 N–H and O–H groups in total. The third-order valence-electron chi connectivity index (χ3n) is 6.47. The van der Waals surface area contributed by atoms with Crippen LogP contribution in [0.25, 0.3) is 22.0 Å². The Labute approximate surface area is 173 Å². The number of pyridine rings is 1. The van der Waals surface area contributed by atoms with Gasteiger partial charge in [-0.15, -0.1) is 0 Å². The van der Waals surface area contributed by atoms with Crippen molar-refractivity contribution in [2.24, 2.45) is 5.92 Å². The minimum atomic E-state index is 0.296. The Morgan fingerprint density at radius 3 is 2.45 bits per heavy atom. The number of likely N-dealkylation sites (tertiary alicyclic amines) is 1. The van der Waals surface area contributed by atoms with E-state index in [-0.39, 0.29) is 0 Å². The van der Waals surface area contributed by atoms with Crippen molar-refractivity contribution in [2.75, 3.05) is 13.1 Å². The van der Waals surface area contributed by atoms with Gasteiger partial charge in [-0.2, -0.15) is 0 Å². The average molecular weight is 387 g/mol. The molecule has 150 valence electrons. The molecule has 0 bridgehead atoms. The molecule has 1 atom stereocenters. The van der Waals surface area contributed by atoms with Crippen molar-refractivity contribution < 1.29 is 4.79 Å². The molecule has 1 aromatic heterocycles. The summed E-state index contributed by atoms with van der Waals surface area (Å²) >= 11 is 0. The number of carbonyl (C=O) groups is 1. The molecule has 3 nitrogen and oxygen atoms in total. The maximum atomic E-state index is 12.0. The standard InChI is InChI=1S/C26H30N2O/c1-3-24(21-13-15-28(16-14-21)26(29)4-2)20-11-9-19(10-12-20)23-17-22-7-5-6-8-25(22)27-18-23/h5-12,17-18,21,24H,3-4,13-16H2,1-2H3. The number of benzene rings is 2. The fourth-order valence-electron chi connectivity index (χ4n) is 4.77. The summed E-state index contributed by atoms with van der Waals surface area (Å²) in [5.41, 5.74) is 4.83. The zero-order chi connectivity index (χ0) is 20.2. The van der Waals surface area contributed by atoms with E-state index in [1.165, 1.54) is 16.5 Å². The molecule has 0 spiro atoms. The molecule has 1 aliphatic heterocycles. The first-order chi connectivity index (χ1) is 14.2. The number of piperidine rings is 1. The van der Waals surface area contributed by atoms with Crippen LogP contribution in [-0.4, -0.2) is 28.9 Å². The van der Waals surface area contributed by atoms with E-state index in [0.29, 0.717) is 24.2 Å². The van der Waals surface area contributed by atoms with Gasteiger partial charge >= 0.3 is 0 Å². The van der Waals surface area contributed by atoms with Crippen LogP contribution in [0.1, 0.15) is 51.0 Å². The van der Waals surface area contributed by atoms with Gasteiger partial charge in [-0.05, 0) is 54.4 Å². The van der Waals surface area contributed by atoms with E-state index in [2.05, 4.69) is 54.4 Å². The Hall–Kier alpha value is -2.68. The maximum absolute atomic E-state index is 12.0. The van der Waals surface area contributed by atoms with Crippen molar-refractivity contribution in [3.63, 3.8) is 0 Å². The lowest BCUT2D eigenvalue weighted by atomic mass is 9.78. The van der Waals surface area contributed by atoms with Gasteiger partial charge in [-0.1, -0.05) is 56.3 Å². The molecule has 3 aromatic rings. The fraction of sp³-hybridized carbons (Fsp3) is 0.385. The van der Waals surface area contributed by atoms with Crippen molar-refractivity contribution >= 4 is 16.8 Å². The van der Waals surface area contributed by atoms with E-state index in [4.69, 9.17) is 0 Å². The number of carbonyl (C=O) groups excluding carboxylic acids is 1.